The van der Waals surface area contributed by atoms with E-state index < -0.39 is 0 Å². The first-order valence-corrected chi connectivity index (χ1v) is 14.9. The standard InChI is InChI=1S/C33H30N10O2/c1-41-18-23(19-41)45-29-17-21(11-14-35-29)33(44)39-26-8-5-20-16-22(6-7-24(20)26)43-31(25-4-2-12-36-30(25)34)38-27-9-10-28(40-32(27)43)42-15-3-13-37-42/h2-4,6-7,9-17,23,26H,5,8,18-19H2,1H3,(H2,34,36)(H,39,44)/t26-/m0/s1. The average Bonchev–Trinajstić information content (AvgIpc) is 3.79. The van der Waals surface area contributed by atoms with Crippen molar-refractivity contribution in [2.24, 2.45) is 0 Å². The van der Waals surface area contributed by atoms with Gasteiger partial charge in [-0.15, -0.1) is 0 Å². The number of likely N-dealkylation sites (tertiary alicyclic amines) is 1. The summed E-state index contributed by atoms with van der Waals surface area (Å²) in [6, 6.07) is 19.0. The van der Waals surface area contributed by atoms with E-state index in [0.29, 0.717) is 40.1 Å². The highest BCUT2D eigenvalue weighted by molar-refractivity contribution is 5.94. The predicted molar refractivity (Wildman–Crippen MR) is 168 cm³/mol. The van der Waals surface area contributed by atoms with Gasteiger partial charge in [0.05, 0.1) is 11.6 Å². The molecular weight excluding hydrogens is 568 g/mol. The summed E-state index contributed by atoms with van der Waals surface area (Å²) in [6.07, 6.45) is 8.57. The normalized spacial score (nSPS) is 16.4. The molecule has 0 saturated carbocycles. The molecule has 1 aliphatic heterocycles. The van der Waals surface area contributed by atoms with E-state index in [0.717, 1.165) is 48.3 Å². The van der Waals surface area contributed by atoms with Gasteiger partial charge in [-0.25, -0.2) is 24.6 Å². The first kappa shape index (κ1) is 27.0. The van der Waals surface area contributed by atoms with Gasteiger partial charge in [0.1, 0.15) is 17.4 Å². The quantitative estimate of drug-likeness (QED) is 0.281. The van der Waals surface area contributed by atoms with Crippen LogP contribution in [0.15, 0.2) is 85.5 Å². The summed E-state index contributed by atoms with van der Waals surface area (Å²) in [6.45, 7) is 1.71. The highest BCUT2D eigenvalue weighted by Gasteiger charge is 2.28. The molecule has 0 unspecified atom stereocenters. The van der Waals surface area contributed by atoms with E-state index in [9.17, 15) is 4.79 Å². The maximum Gasteiger partial charge on any atom is 0.252 e. The molecular formula is C33H30N10O2. The third kappa shape index (κ3) is 4.94. The first-order chi connectivity index (χ1) is 22.0. The molecule has 1 saturated heterocycles. The number of anilines is 1. The minimum atomic E-state index is -0.153. The van der Waals surface area contributed by atoms with Gasteiger partial charge in [-0.3, -0.25) is 14.3 Å². The van der Waals surface area contributed by atoms with Crippen molar-refractivity contribution in [3.05, 3.63) is 102 Å². The fourth-order valence-electron chi connectivity index (χ4n) is 6.15. The van der Waals surface area contributed by atoms with Crippen LogP contribution in [0.1, 0.15) is 33.9 Å². The lowest BCUT2D eigenvalue weighted by molar-refractivity contribution is 0.0355. The number of hydrogen-bond donors (Lipinski definition) is 2. The number of nitrogens with two attached hydrogens (primary N) is 1. The molecule has 1 amide bonds. The second-order valence-electron chi connectivity index (χ2n) is 11.5. The van der Waals surface area contributed by atoms with Gasteiger partial charge in [-0.05, 0) is 79.5 Å². The van der Waals surface area contributed by atoms with E-state index in [1.807, 2.05) is 54.2 Å². The Labute approximate surface area is 258 Å². The fourth-order valence-corrected chi connectivity index (χ4v) is 6.15. The Kier molecular flexibility index (Phi) is 6.49. The first-order valence-electron chi connectivity index (χ1n) is 14.9. The molecule has 45 heavy (non-hydrogen) atoms. The zero-order chi connectivity index (χ0) is 30.5. The fraction of sp³-hybridized carbons (Fsp3) is 0.212. The number of nitrogens with one attached hydrogen (secondary N) is 1. The number of carbonyl (C=O) groups is 1. The Morgan fingerprint density at radius 2 is 1.91 bits per heavy atom. The van der Waals surface area contributed by atoms with Gasteiger partial charge in [0.15, 0.2) is 17.3 Å². The molecule has 8 rings (SSSR count). The van der Waals surface area contributed by atoms with E-state index in [1.54, 1.807) is 35.4 Å². The van der Waals surface area contributed by atoms with Crippen LogP contribution < -0.4 is 15.8 Å². The summed E-state index contributed by atoms with van der Waals surface area (Å²) in [4.78, 5) is 34.0. The van der Waals surface area contributed by atoms with Gasteiger partial charge in [0.25, 0.3) is 5.91 Å². The van der Waals surface area contributed by atoms with Crippen molar-refractivity contribution in [2.45, 2.75) is 25.0 Å². The lowest BCUT2D eigenvalue weighted by Gasteiger charge is -2.35. The van der Waals surface area contributed by atoms with E-state index in [2.05, 4.69) is 37.4 Å². The monoisotopic (exact) mass is 598 g/mol. The van der Waals surface area contributed by atoms with Crippen LogP contribution in [-0.4, -0.2) is 71.3 Å². The van der Waals surface area contributed by atoms with Crippen LogP contribution in [-0.2, 0) is 6.42 Å². The van der Waals surface area contributed by atoms with E-state index in [-0.39, 0.29) is 18.1 Å². The number of fused-ring (bicyclic) bond motifs is 2. The van der Waals surface area contributed by atoms with Crippen molar-refractivity contribution in [1.82, 2.24) is 44.5 Å². The molecule has 2 aliphatic rings. The topological polar surface area (TPSA) is 142 Å². The van der Waals surface area contributed by atoms with Crippen LogP contribution in [0.2, 0.25) is 0 Å². The second-order valence-corrected chi connectivity index (χ2v) is 11.5. The maximum absolute atomic E-state index is 13.3. The van der Waals surface area contributed by atoms with Crippen molar-refractivity contribution in [3.63, 3.8) is 0 Å². The highest BCUT2D eigenvalue weighted by atomic mass is 16.5. The minimum Gasteiger partial charge on any atom is -0.472 e. The average molecular weight is 599 g/mol. The molecule has 224 valence electrons. The van der Waals surface area contributed by atoms with Crippen LogP contribution in [0, 0.1) is 0 Å². The number of ether oxygens (including phenoxy) is 1. The molecule has 0 bridgehead atoms. The SMILES string of the molecule is CN1CC(Oc2cc(C(=O)N[C@H]3CCc4cc(-n5c(-c6cccnc6N)nc6ccc(-n7cccn7)nc65)ccc43)ccn2)C1. The molecule has 5 aromatic heterocycles. The number of aromatic nitrogens is 7. The number of nitrogen functional groups attached to an aromatic ring is 1. The van der Waals surface area contributed by atoms with Crippen LogP contribution in [0.25, 0.3) is 34.1 Å². The lowest BCUT2D eigenvalue weighted by Crippen LogP contribution is -2.51. The summed E-state index contributed by atoms with van der Waals surface area (Å²) >= 11 is 0. The zero-order valence-corrected chi connectivity index (χ0v) is 24.5. The van der Waals surface area contributed by atoms with Crippen LogP contribution in [0.3, 0.4) is 0 Å². The van der Waals surface area contributed by atoms with E-state index in [1.165, 1.54) is 0 Å². The van der Waals surface area contributed by atoms with Gasteiger partial charge >= 0.3 is 0 Å². The molecule has 6 aromatic rings. The molecule has 1 fully saturated rings. The van der Waals surface area contributed by atoms with Gasteiger partial charge in [0.2, 0.25) is 5.88 Å². The molecule has 1 aromatic carbocycles. The largest absolute Gasteiger partial charge is 0.472 e. The van der Waals surface area contributed by atoms with Crippen molar-refractivity contribution >= 4 is 22.9 Å². The Morgan fingerprint density at radius 3 is 2.73 bits per heavy atom. The number of carbonyl (C=O) groups excluding carboxylic acids is 1. The summed E-state index contributed by atoms with van der Waals surface area (Å²) in [5.41, 5.74) is 12.1. The van der Waals surface area contributed by atoms with Gasteiger partial charge in [0, 0.05) is 55.2 Å². The molecule has 3 N–H and O–H groups in total. The Bertz CT molecular complexity index is 2050. The highest BCUT2D eigenvalue weighted by Crippen LogP contribution is 2.36. The number of amides is 1. The van der Waals surface area contributed by atoms with E-state index in [4.69, 9.17) is 20.4 Å². The molecule has 12 heteroatoms. The second kappa shape index (κ2) is 10.8. The van der Waals surface area contributed by atoms with Crippen LogP contribution >= 0.6 is 0 Å². The van der Waals surface area contributed by atoms with Gasteiger partial charge in [-0.1, -0.05) is 6.07 Å². The van der Waals surface area contributed by atoms with Crippen molar-refractivity contribution in [1.29, 1.82) is 0 Å². The number of likely N-dealkylation sites (N-methyl/N-ethyl adjacent to an activating group) is 1. The smallest absolute Gasteiger partial charge is 0.252 e. The predicted octanol–water partition coefficient (Wildman–Crippen LogP) is 3.76. The number of rotatable bonds is 7. The number of pyridine rings is 3. The third-order valence-corrected chi connectivity index (χ3v) is 8.39. The number of imidazole rings is 1. The number of hydrogen-bond acceptors (Lipinski definition) is 9. The summed E-state index contributed by atoms with van der Waals surface area (Å²) < 4.78 is 9.66. The van der Waals surface area contributed by atoms with Gasteiger partial charge in [-0.2, -0.15) is 5.10 Å². The number of aryl methyl sites for hydroxylation is 1. The van der Waals surface area contributed by atoms with Crippen molar-refractivity contribution < 1.29 is 9.53 Å². The Morgan fingerprint density at radius 1 is 1.00 bits per heavy atom. The van der Waals surface area contributed by atoms with Crippen LogP contribution in [0.5, 0.6) is 5.88 Å². The van der Waals surface area contributed by atoms with Gasteiger partial charge < -0.3 is 15.8 Å². The molecule has 1 aliphatic carbocycles. The molecule has 0 spiro atoms. The number of benzene rings is 1. The molecule has 1 atom stereocenters. The van der Waals surface area contributed by atoms with E-state index >= 15 is 0 Å². The summed E-state index contributed by atoms with van der Waals surface area (Å²) in [5, 5.41) is 7.57. The van der Waals surface area contributed by atoms with Crippen LogP contribution in [0.4, 0.5) is 5.82 Å². The Hall–Kier alpha value is -5.62. The minimum absolute atomic E-state index is 0.104. The Balaban J connectivity index is 1.11. The zero-order valence-electron chi connectivity index (χ0n) is 24.5. The molecule has 12 nitrogen and oxygen atoms in total. The number of nitrogens with zero attached hydrogens (tertiary/aromatic N) is 8. The third-order valence-electron chi connectivity index (χ3n) is 8.39. The lowest BCUT2D eigenvalue weighted by atomic mass is 10.1. The molecule has 0 radical (unpaired) electrons. The molecule has 6 heterocycles. The van der Waals surface area contributed by atoms with Crippen molar-refractivity contribution in [3.8, 4) is 28.8 Å². The summed E-state index contributed by atoms with van der Waals surface area (Å²) in [7, 11) is 2.04. The summed E-state index contributed by atoms with van der Waals surface area (Å²) in [5.74, 6) is 2.02. The maximum atomic E-state index is 13.3. The van der Waals surface area contributed by atoms with Crippen molar-refractivity contribution in [2.75, 3.05) is 25.9 Å².